The minimum absolute atomic E-state index is 0.154. The summed E-state index contributed by atoms with van der Waals surface area (Å²) in [6.45, 7) is 3.12. The molecule has 164 valence electrons. The van der Waals surface area contributed by atoms with E-state index >= 15 is 0 Å². The highest BCUT2D eigenvalue weighted by Gasteiger charge is 2.41. The molecule has 4 rings (SSSR count). The Kier molecular flexibility index (Phi) is 6.16. The number of benzene rings is 2. The molecule has 31 heavy (non-hydrogen) atoms. The molecule has 1 amide bonds. The van der Waals surface area contributed by atoms with Crippen LogP contribution in [0.15, 0.2) is 47.5 Å². The van der Waals surface area contributed by atoms with Crippen molar-refractivity contribution >= 4 is 23.4 Å². The maximum Gasteiger partial charge on any atom is 0.409 e. The molecule has 1 spiro atoms. The zero-order chi connectivity index (χ0) is 22.0. The van der Waals surface area contributed by atoms with Gasteiger partial charge in [0.2, 0.25) is 0 Å². The summed E-state index contributed by atoms with van der Waals surface area (Å²) < 4.78 is 18.6. The lowest BCUT2D eigenvalue weighted by Gasteiger charge is -2.45. The molecule has 0 radical (unpaired) electrons. The molecule has 6 nitrogen and oxygen atoms in total. The van der Waals surface area contributed by atoms with Gasteiger partial charge in [-0.25, -0.2) is 9.18 Å². The summed E-state index contributed by atoms with van der Waals surface area (Å²) in [6, 6.07) is 11.0. The number of rotatable bonds is 3. The van der Waals surface area contributed by atoms with Crippen molar-refractivity contribution in [2.24, 2.45) is 4.99 Å². The number of aromatic hydroxyl groups is 1. The Balaban J connectivity index is 1.66. The number of phenolic OH excluding ortho intramolecular Hbond substituents is 1. The van der Waals surface area contributed by atoms with Gasteiger partial charge >= 0.3 is 6.09 Å². The van der Waals surface area contributed by atoms with E-state index in [2.05, 4.69) is 5.32 Å². The van der Waals surface area contributed by atoms with Crippen molar-refractivity contribution in [2.45, 2.75) is 37.9 Å². The van der Waals surface area contributed by atoms with E-state index < -0.39 is 5.66 Å². The van der Waals surface area contributed by atoms with Crippen molar-refractivity contribution in [1.82, 2.24) is 10.2 Å². The molecule has 1 atom stereocenters. The first kappa shape index (κ1) is 21.6. The predicted octanol–water partition coefficient (Wildman–Crippen LogP) is 4.66. The van der Waals surface area contributed by atoms with Crippen LogP contribution in [0.25, 0.3) is 0 Å². The number of carbonyl (C=O) groups is 1. The second-order valence-electron chi connectivity index (χ2n) is 7.89. The molecule has 1 fully saturated rings. The molecule has 2 aromatic carbocycles. The Morgan fingerprint density at radius 3 is 2.68 bits per heavy atom. The van der Waals surface area contributed by atoms with Crippen LogP contribution in [0.5, 0.6) is 5.75 Å². The van der Waals surface area contributed by atoms with Crippen LogP contribution >= 0.6 is 11.6 Å². The van der Waals surface area contributed by atoms with Crippen LogP contribution in [0.2, 0.25) is 5.02 Å². The zero-order valence-electron chi connectivity index (χ0n) is 17.3. The maximum atomic E-state index is 13.5. The fourth-order valence-electron chi connectivity index (χ4n) is 4.25. The Morgan fingerprint density at radius 1 is 1.29 bits per heavy atom. The van der Waals surface area contributed by atoms with Crippen molar-refractivity contribution in [3.63, 3.8) is 0 Å². The van der Waals surface area contributed by atoms with Crippen LogP contribution < -0.4 is 5.32 Å². The molecule has 1 saturated heterocycles. The van der Waals surface area contributed by atoms with Crippen LogP contribution in [0.1, 0.15) is 43.4 Å². The molecule has 0 aliphatic carbocycles. The minimum atomic E-state index is -0.607. The van der Waals surface area contributed by atoms with Crippen LogP contribution in [0.3, 0.4) is 0 Å². The van der Waals surface area contributed by atoms with Gasteiger partial charge in [0.25, 0.3) is 0 Å². The summed E-state index contributed by atoms with van der Waals surface area (Å²) >= 11 is 6.20. The van der Waals surface area contributed by atoms with Gasteiger partial charge in [-0.15, -0.1) is 0 Å². The van der Waals surface area contributed by atoms with E-state index in [0.29, 0.717) is 49.5 Å². The van der Waals surface area contributed by atoms with Crippen molar-refractivity contribution in [1.29, 1.82) is 0 Å². The number of hydrogen-bond donors (Lipinski definition) is 2. The molecule has 2 aliphatic rings. The molecule has 0 bridgehead atoms. The van der Waals surface area contributed by atoms with E-state index in [4.69, 9.17) is 21.3 Å². The minimum Gasteiger partial charge on any atom is -0.508 e. The number of aliphatic imine (C=N–C) groups is 1. The molecular weight excluding hydrogens is 421 g/mol. The molecule has 0 aromatic heterocycles. The number of amides is 1. The van der Waals surface area contributed by atoms with Gasteiger partial charge in [-0.05, 0) is 42.8 Å². The van der Waals surface area contributed by atoms with Gasteiger partial charge < -0.3 is 14.7 Å². The molecular formula is C23H25ClFN3O3. The quantitative estimate of drug-likeness (QED) is 0.720. The second kappa shape index (κ2) is 8.85. The third kappa shape index (κ3) is 4.67. The van der Waals surface area contributed by atoms with E-state index in [1.165, 1.54) is 12.1 Å². The number of carbonyl (C=O) groups excluding carboxylic acids is 1. The number of halogens is 2. The monoisotopic (exact) mass is 445 g/mol. The first-order valence-electron chi connectivity index (χ1n) is 10.4. The fourth-order valence-corrected chi connectivity index (χ4v) is 4.43. The van der Waals surface area contributed by atoms with Gasteiger partial charge in [0.1, 0.15) is 17.2 Å². The second-order valence-corrected chi connectivity index (χ2v) is 8.32. The molecule has 8 heteroatoms. The number of nitrogens with zero attached hydrogens (tertiary/aromatic N) is 2. The van der Waals surface area contributed by atoms with Crippen molar-refractivity contribution in [3.8, 4) is 5.75 Å². The maximum absolute atomic E-state index is 13.5. The summed E-state index contributed by atoms with van der Waals surface area (Å²) in [5.74, 6) is -0.152. The molecule has 2 aliphatic heterocycles. The average Bonchev–Trinajstić information content (AvgIpc) is 2.76. The Hall–Kier alpha value is -2.64. The van der Waals surface area contributed by atoms with Crippen LogP contribution in [0, 0.1) is 5.82 Å². The predicted molar refractivity (Wildman–Crippen MR) is 117 cm³/mol. The topological polar surface area (TPSA) is 74.2 Å². The van der Waals surface area contributed by atoms with Gasteiger partial charge in [0.15, 0.2) is 0 Å². The third-order valence-corrected chi connectivity index (χ3v) is 6.08. The molecule has 2 aromatic rings. The van der Waals surface area contributed by atoms with Crippen molar-refractivity contribution in [3.05, 3.63) is 64.4 Å². The van der Waals surface area contributed by atoms with Crippen molar-refractivity contribution in [2.75, 3.05) is 19.7 Å². The number of ether oxygens (including phenoxy) is 1. The van der Waals surface area contributed by atoms with E-state index in [-0.39, 0.29) is 23.7 Å². The largest absolute Gasteiger partial charge is 0.508 e. The highest BCUT2D eigenvalue weighted by molar-refractivity contribution is 6.30. The highest BCUT2D eigenvalue weighted by atomic mass is 35.5. The summed E-state index contributed by atoms with van der Waals surface area (Å²) in [5, 5.41) is 14.6. The number of hydrogen-bond acceptors (Lipinski definition) is 5. The van der Waals surface area contributed by atoms with Gasteiger partial charge in [-0.1, -0.05) is 23.7 Å². The highest BCUT2D eigenvalue weighted by Crippen LogP contribution is 2.38. The number of nitrogens with one attached hydrogen (secondary N) is 1. The fraction of sp³-hybridized carbons (Fsp3) is 0.391. The van der Waals surface area contributed by atoms with E-state index in [0.717, 1.165) is 11.3 Å². The number of likely N-dealkylation sites (tertiary alicyclic amines) is 1. The Morgan fingerprint density at radius 2 is 2.00 bits per heavy atom. The molecule has 2 N–H and O–H groups in total. The smallest absolute Gasteiger partial charge is 0.409 e. The summed E-state index contributed by atoms with van der Waals surface area (Å²) in [5.41, 5.74) is 1.74. The van der Waals surface area contributed by atoms with E-state index in [9.17, 15) is 14.3 Å². The third-order valence-electron chi connectivity index (χ3n) is 5.85. The van der Waals surface area contributed by atoms with Crippen molar-refractivity contribution < 1.29 is 19.0 Å². The van der Waals surface area contributed by atoms with Crippen LogP contribution in [0.4, 0.5) is 9.18 Å². The standard InChI is InChI=1S/C23H25ClFN3O3/c1-2-31-22(30)28-11-9-23(10-12-28)26-19(15-3-6-17(25)7-4-15)14-20(27-23)18-13-16(24)5-8-21(18)29/h3-8,13,20,27,29H,2,9-12,14H2,1H3/t20-/m1/s1. The lowest BCUT2D eigenvalue weighted by Crippen LogP contribution is -2.56. The van der Waals surface area contributed by atoms with Gasteiger partial charge in [0, 0.05) is 54.7 Å². The summed E-state index contributed by atoms with van der Waals surface area (Å²) in [4.78, 5) is 18.8. The number of phenols is 1. The van der Waals surface area contributed by atoms with Gasteiger partial charge in [-0.2, -0.15) is 0 Å². The summed E-state index contributed by atoms with van der Waals surface area (Å²) in [6.07, 6.45) is 1.38. The first-order valence-corrected chi connectivity index (χ1v) is 10.8. The molecule has 2 heterocycles. The number of piperidine rings is 1. The normalized spacial score (nSPS) is 20.4. The zero-order valence-corrected chi connectivity index (χ0v) is 18.0. The Labute approximate surface area is 185 Å². The van der Waals surface area contributed by atoms with Crippen LogP contribution in [-0.4, -0.2) is 47.2 Å². The van der Waals surface area contributed by atoms with E-state index in [1.54, 1.807) is 42.2 Å². The van der Waals surface area contributed by atoms with E-state index in [1.807, 2.05) is 0 Å². The lowest BCUT2D eigenvalue weighted by atomic mass is 9.87. The SMILES string of the molecule is CCOC(=O)N1CCC2(CC1)N=C(c1ccc(F)cc1)C[C@H](c1cc(Cl)ccc1O)N2. The Bertz CT molecular complexity index is 988. The van der Waals surface area contributed by atoms with Crippen LogP contribution in [-0.2, 0) is 4.74 Å². The summed E-state index contributed by atoms with van der Waals surface area (Å²) in [7, 11) is 0. The van der Waals surface area contributed by atoms with Gasteiger partial charge in [0.05, 0.1) is 6.61 Å². The lowest BCUT2D eigenvalue weighted by molar-refractivity contribution is 0.0778. The molecule has 0 unspecified atom stereocenters. The first-order chi connectivity index (χ1) is 14.9. The molecule has 0 saturated carbocycles. The van der Waals surface area contributed by atoms with Gasteiger partial charge in [-0.3, -0.25) is 10.3 Å². The average molecular weight is 446 g/mol.